The van der Waals surface area contributed by atoms with Gasteiger partial charge in [-0.15, -0.1) is 0 Å². The SMILES string of the molecule is COc1cc(OC)c(C2CCN(C)CC2)c(O)c1C(=O)/C=C/c1ccc(Cl)cc1. The van der Waals surface area contributed by atoms with Crippen molar-refractivity contribution in [1.82, 2.24) is 4.90 Å². The minimum absolute atomic E-state index is 0.0542. The fraction of sp³-hybridized carbons (Fsp3) is 0.348. The Morgan fingerprint density at radius 3 is 2.34 bits per heavy atom. The third kappa shape index (κ3) is 4.74. The van der Waals surface area contributed by atoms with Gasteiger partial charge in [-0.1, -0.05) is 29.8 Å². The van der Waals surface area contributed by atoms with Gasteiger partial charge >= 0.3 is 0 Å². The lowest BCUT2D eigenvalue weighted by atomic mass is 9.86. The standard InChI is InChI=1S/C23H26ClNO4/c1-25-12-10-16(11-13-25)21-19(28-2)14-20(29-3)22(23(21)27)18(26)9-6-15-4-7-17(24)8-5-15/h4-9,14,16,27H,10-13H2,1-3H3/b9-6+. The lowest BCUT2D eigenvalue weighted by Gasteiger charge is -2.31. The highest BCUT2D eigenvalue weighted by Crippen LogP contribution is 2.45. The first-order valence-electron chi connectivity index (χ1n) is 9.59. The number of likely N-dealkylation sites (tertiary alicyclic amines) is 1. The lowest BCUT2D eigenvalue weighted by molar-refractivity contribution is 0.104. The van der Waals surface area contributed by atoms with E-state index in [9.17, 15) is 9.90 Å². The molecule has 0 atom stereocenters. The van der Waals surface area contributed by atoms with Gasteiger partial charge in [0.05, 0.1) is 14.2 Å². The first kappa shape index (κ1) is 21.2. The highest BCUT2D eigenvalue weighted by Gasteiger charge is 2.29. The van der Waals surface area contributed by atoms with Gasteiger partial charge < -0.3 is 19.5 Å². The fourth-order valence-electron chi connectivity index (χ4n) is 3.73. The van der Waals surface area contributed by atoms with Crippen LogP contribution in [0.4, 0.5) is 0 Å². The van der Waals surface area contributed by atoms with Gasteiger partial charge in [-0.05, 0) is 62.7 Å². The average molecular weight is 416 g/mol. The molecular formula is C23H26ClNO4. The summed E-state index contributed by atoms with van der Waals surface area (Å²) in [7, 11) is 5.12. The molecule has 0 amide bonds. The van der Waals surface area contributed by atoms with Crippen LogP contribution in [-0.2, 0) is 0 Å². The van der Waals surface area contributed by atoms with Crippen molar-refractivity contribution in [3.05, 3.63) is 58.1 Å². The van der Waals surface area contributed by atoms with Crippen LogP contribution in [0.1, 0.15) is 40.2 Å². The smallest absolute Gasteiger partial charge is 0.193 e. The first-order valence-corrected chi connectivity index (χ1v) is 9.96. The van der Waals surface area contributed by atoms with Crippen LogP contribution in [0.3, 0.4) is 0 Å². The van der Waals surface area contributed by atoms with Crippen LogP contribution in [0.25, 0.3) is 6.08 Å². The summed E-state index contributed by atoms with van der Waals surface area (Å²) in [5, 5.41) is 11.7. The third-order valence-corrected chi connectivity index (χ3v) is 5.63. The molecule has 1 heterocycles. The zero-order valence-corrected chi connectivity index (χ0v) is 17.7. The highest BCUT2D eigenvalue weighted by atomic mass is 35.5. The second kappa shape index (κ2) is 9.33. The van der Waals surface area contributed by atoms with Crippen molar-refractivity contribution in [2.24, 2.45) is 0 Å². The summed E-state index contributed by atoms with van der Waals surface area (Å²) in [6.45, 7) is 1.86. The fourth-order valence-corrected chi connectivity index (χ4v) is 3.85. The predicted octanol–water partition coefficient (Wildman–Crippen LogP) is 4.77. The molecule has 6 heteroatoms. The Morgan fingerprint density at radius 2 is 1.76 bits per heavy atom. The molecule has 2 aromatic rings. The number of hydrogen-bond donors (Lipinski definition) is 1. The number of carbonyl (C=O) groups excluding carboxylic acids is 1. The number of methoxy groups -OCH3 is 2. The Balaban J connectivity index is 1.99. The van der Waals surface area contributed by atoms with E-state index in [1.54, 1.807) is 31.4 Å². The van der Waals surface area contributed by atoms with E-state index in [0.29, 0.717) is 22.1 Å². The van der Waals surface area contributed by atoms with Gasteiger partial charge in [-0.25, -0.2) is 0 Å². The van der Waals surface area contributed by atoms with E-state index in [2.05, 4.69) is 11.9 Å². The highest BCUT2D eigenvalue weighted by molar-refractivity contribution is 6.30. The summed E-state index contributed by atoms with van der Waals surface area (Å²) >= 11 is 5.90. The summed E-state index contributed by atoms with van der Waals surface area (Å²) in [6, 6.07) is 8.85. The molecule has 1 aliphatic rings. The number of ketones is 1. The van der Waals surface area contributed by atoms with Crippen LogP contribution in [0.2, 0.25) is 5.02 Å². The molecule has 0 aliphatic carbocycles. The normalized spacial score (nSPS) is 15.6. The van der Waals surface area contributed by atoms with Gasteiger partial charge in [0.1, 0.15) is 22.8 Å². The van der Waals surface area contributed by atoms with Gasteiger partial charge in [-0.2, -0.15) is 0 Å². The number of rotatable bonds is 6. The van der Waals surface area contributed by atoms with Crippen molar-refractivity contribution in [1.29, 1.82) is 0 Å². The largest absolute Gasteiger partial charge is 0.507 e. The summed E-state index contributed by atoms with van der Waals surface area (Å²) in [5.74, 6) is 0.584. The van der Waals surface area contributed by atoms with Crippen molar-refractivity contribution in [3.63, 3.8) is 0 Å². The maximum atomic E-state index is 13.0. The van der Waals surface area contributed by atoms with Crippen LogP contribution in [0.5, 0.6) is 17.2 Å². The van der Waals surface area contributed by atoms with Crippen LogP contribution in [0.15, 0.2) is 36.4 Å². The zero-order chi connectivity index (χ0) is 21.0. The number of nitrogens with zero attached hydrogens (tertiary/aromatic N) is 1. The van der Waals surface area contributed by atoms with E-state index in [0.717, 1.165) is 31.5 Å². The second-order valence-corrected chi connectivity index (χ2v) is 7.68. The van der Waals surface area contributed by atoms with Crippen molar-refractivity contribution < 1.29 is 19.4 Å². The maximum absolute atomic E-state index is 13.0. The molecule has 154 valence electrons. The van der Waals surface area contributed by atoms with Crippen LogP contribution in [-0.4, -0.2) is 50.1 Å². The van der Waals surface area contributed by atoms with E-state index < -0.39 is 0 Å². The minimum atomic E-state index is -0.328. The molecule has 0 bridgehead atoms. The second-order valence-electron chi connectivity index (χ2n) is 7.25. The number of hydrogen-bond acceptors (Lipinski definition) is 5. The molecule has 1 aliphatic heterocycles. The molecule has 0 spiro atoms. The lowest BCUT2D eigenvalue weighted by Crippen LogP contribution is -2.29. The molecule has 0 unspecified atom stereocenters. The van der Waals surface area contributed by atoms with Crippen molar-refractivity contribution in [2.45, 2.75) is 18.8 Å². The zero-order valence-electron chi connectivity index (χ0n) is 16.9. The molecular weight excluding hydrogens is 390 g/mol. The number of phenols is 1. The Kier molecular flexibility index (Phi) is 6.83. The minimum Gasteiger partial charge on any atom is -0.507 e. The van der Waals surface area contributed by atoms with Crippen molar-refractivity contribution in [2.75, 3.05) is 34.4 Å². The Bertz CT molecular complexity index is 900. The number of aromatic hydroxyl groups is 1. The maximum Gasteiger partial charge on any atom is 0.193 e. The number of halogens is 1. The van der Waals surface area contributed by atoms with E-state index in [-0.39, 0.29) is 23.0 Å². The summed E-state index contributed by atoms with van der Waals surface area (Å²) in [5.41, 5.74) is 1.68. The molecule has 0 saturated carbocycles. The Morgan fingerprint density at radius 1 is 1.14 bits per heavy atom. The number of allylic oxidation sites excluding steroid dienone is 1. The van der Waals surface area contributed by atoms with Gasteiger partial charge in [0.2, 0.25) is 0 Å². The van der Waals surface area contributed by atoms with Crippen molar-refractivity contribution in [3.8, 4) is 17.2 Å². The third-order valence-electron chi connectivity index (χ3n) is 5.38. The van der Waals surface area contributed by atoms with E-state index in [1.807, 2.05) is 12.1 Å². The first-order chi connectivity index (χ1) is 13.9. The molecule has 5 nitrogen and oxygen atoms in total. The number of phenolic OH excluding ortho intramolecular Hbond substituents is 1. The van der Waals surface area contributed by atoms with Gasteiger partial charge in [-0.3, -0.25) is 4.79 Å². The number of benzene rings is 2. The molecule has 29 heavy (non-hydrogen) atoms. The average Bonchev–Trinajstić information content (AvgIpc) is 2.73. The summed E-state index contributed by atoms with van der Waals surface area (Å²) in [6.07, 6.45) is 4.91. The van der Waals surface area contributed by atoms with Crippen LogP contribution in [0, 0.1) is 0 Å². The number of ether oxygens (including phenoxy) is 2. The molecule has 1 saturated heterocycles. The molecule has 0 aromatic heterocycles. The van der Waals surface area contributed by atoms with E-state index >= 15 is 0 Å². The Labute approximate surface area is 176 Å². The summed E-state index contributed by atoms with van der Waals surface area (Å²) < 4.78 is 10.9. The van der Waals surface area contributed by atoms with E-state index in [4.69, 9.17) is 21.1 Å². The van der Waals surface area contributed by atoms with E-state index in [1.165, 1.54) is 13.2 Å². The monoisotopic (exact) mass is 415 g/mol. The van der Waals surface area contributed by atoms with Crippen molar-refractivity contribution >= 4 is 23.5 Å². The topological polar surface area (TPSA) is 59.0 Å². The van der Waals surface area contributed by atoms with Gasteiger partial charge in [0.25, 0.3) is 0 Å². The predicted molar refractivity (Wildman–Crippen MR) is 115 cm³/mol. The van der Waals surface area contributed by atoms with Crippen LogP contribution < -0.4 is 9.47 Å². The quantitative estimate of drug-likeness (QED) is 0.544. The number of piperidine rings is 1. The number of carbonyl (C=O) groups is 1. The van der Waals surface area contributed by atoms with Gasteiger partial charge in [0.15, 0.2) is 5.78 Å². The molecule has 2 aromatic carbocycles. The summed E-state index contributed by atoms with van der Waals surface area (Å²) in [4.78, 5) is 15.2. The van der Waals surface area contributed by atoms with Gasteiger partial charge in [0, 0.05) is 16.7 Å². The molecule has 3 rings (SSSR count). The molecule has 1 N–H and O–H groups in total. The molecule has 1 fully saturated rings. The van der Waals surface area contributed by atoms with Crippen LogP contribution >= 0.6 is 11.6 Å². The molecule has 0 radical (unpaired) electrons. The Hall–Kier alpha value is -2.50.